The number of halogens is 1. The first-order valence-electron chi connectivity index (χ1n) is 9.54. The number of rotatable bonds is 6. The monoisotopic (exact) mass is 419 g/mol. The summed E-state index contributed by atoms with van der Waals surface area (Å²) in [7, 11) is 1.54. The van der Waals surface area contributed by atoms with Crippen molar-refractivity contribution in [2.45, 2.75) is 39.2 Å². The molecule has 0 spiro atoms. The Kier molecular flexibility index (Phi) is 6.12. The van der Waals surface area contributed by atoms with Gasteiger partial charge in [-0.3, -0.25) is 9.78 Å². The van der Waals surface area contributed by atoms with E-state index in [0.717, 1.165) is 18.5 Å². The van der Waals surface area contributed by atoms with Crippen LogP contribution in [0.25, 0.3) is 5.69 Å². The molecular weight excluding hydrogens is 394 g/mol. The lowest BCUT2D eigenvalue weighted by Gasteiger charge is -2.27. The summed E-state index contributed by atoms with van der Waals surface area (Å²) in [6.45, 7) is 5.78. The summed E-state index contributed by atoms with van der Waals surface area (Å²) in [6.07, 6.45) is 6.64. The zero-order chi connectivity index (χ0) is 21.2. The molecule has 1 aliphatic rings. The van der Waals surface area contributed by atoms with E-state index in [9.17, 15) is 9.59 Å². The Bertz CT molecular complexity index is 874. The first kappa shape index (κ1) is 21.1. The zero-order valence-electron chi connectivity index (χ0n) is 17.1. The molecule has 0 radical (unpaired) electrons. The first-order chi connectivity index (χ1) is 13.6. The van der Waals surface area contributed by atoms with Gasteiger partial charge in [-0.05, 0) is 51.7 Å². The minimum atomic E-state index is -0.629. The van der Waals surface area contributed by atoms with Crippen molar-refractivity contribution in [2.24, 2.45) is 5.92 Å². The molecule has 2 aromatic rings. The predicted octanol–water partition coefficient (Wildman–Crippen LogP) is 3.53. The molecule has 0 saturated heterocycles. The van der Waals surface area contributed by atoms with Gasteiger partial charge in [0, 0.05) is 19.8 Å². The summed E-state index contributed by atoms with van der Waals surface area (Å²) >= 11 is 6.37. The van der Waals surface area contributed by atoms with Crippen molar-refractivity contribution in [3.05, 3.63) is 35.9 Å². The smallest absolute Gasteiger partial charge is 0.410 e. The number of likely N-dealkylation sites (N-methyl/N-ethyl adjacent to an activating group) is 1. The lowest BCUT2D eigenvalue weighted by atomic mass is 10.2. The number of aromatic nitrogens is 3. The largest absolute Gasteiger partial charge is 0.444 e. The molecule has 0 aliphatic heterocycles. The highest BCUT2D eigenvalue weighted by Gasteiger charge is 2.31. The van der Waals surface area contributed by atoms with Crippen LogP contribution in [-0.4, -0.2) is 57.4 Å². The van der Waals surface area contributed by atoms with Gasteiger partial charge in [0.25, 0.3) is 0 Å². The Hall–Kier alpha value is -2.61. The molecule has 9 heteroatoms. The van der Waals surface area contributed by atoms with Crippen molar-refractivity contribution >= 4 is 29.3 Å². The summed E-state index contributed by atoms with van der Waals surface area (Å²) in [4.78, 5) is 32.2. The van der Waals surface area contributed by atoms with E-state index in [4.69, 9.17) is 16.3 Å². The molecule has 0 bridgehead atoms. The van der Waals surface area contributed by atoms with Gasteiger partial charge in [-0.2, -0.15) is 5.10 Å². The minimum absolute atomic E-state index is 0.115. The van der Waals surface area contributed by atoms with Crippen LogP contribution in [0.3, 0.4) is 0 Å². The van der Waals surface area contributed by atoms with E-state index in [2.05, 4.69) is 10.1 Å². The molecule has 3 rings (SSSR count). The molecular formula is C20H26ClN5O3. The maximum absolute atomic E-state index is 13.1. The van der Waals surface area contributed by atoms with Crippen molar-refractivity contribution in [3.63, 3.8) is 0 Å². The fraction of sp³-hybridized carbons (Fsp3) is 0.500. The SMILES string of the molecule is CN(CC(=O)N(CC1CC1)c1cn(-c2cccnc2)nc1Cl)C(=O)OC(C)(C)C. The van der Waals surface area contributed by atoms with Crippen LogP contribution in [-0.2, 0) is 9.53 Å². The van der Waals surface area contributed by atoms with E-state index < -0.39 is 11.7 Å². The number of amides is 2. The Morgan fingerprint density at radius 1 is 1.34 bits per heavy atom. The molecule has 2 heterocycles. The van der Waals surface area contributed by atoms with Gasteiger partial charge in [0.1, 0.15) is 17.8 Å². The van der Waals surface area contributed by atoms with Crippen LogP contribution >= 0.6 is 11.6 Å². The molecule has 29 heavy (non-hydrogen) atoms. The fourth-order valence-corrected chi connectivity index (χ4v) is 2.96. The maximum Gasteiger partial charge on any atom is 0.410 e. The highest BCUT2D eigenvalue weighted by molar-refractivity contribution is 6.32. The number of hydrogen-bond acceptors (Lipinski definition) is 5. The van der Waals surface area contributed by atoms with Crippen LogP contribution in [0.1, 0.15) is 33.6 Å². The number of carbonyl (C=O) groups excluding carboxylic acids is 2. The lowest BCUT2D eigenvalue weighted by molar-refractivity contribution is -0.119. The number of pyridine rings is 1. The third kappa shape index (κ3) is 5.69. The molecule has 0 unspecified atom stereocenters. The molecule has 1 aliphatic carbocycles. The molecule has 156 valence electrons. The van der Waals surface area contributed by atoms with E-state index in [1.165, 1.54) is 4.90 Å². The van der Waals surface area contributed by atoms with Crippen LogP contribution in [0.15, 0.2) is 30.7 Å². The summed E-state index contributed by atoms with van der Waals surface area (Å²) in [5.41, 5.74) is 0.631. The summed E-state index contributed by atoms with van der Waals surface area (Å²) < 4.78 is 6.92. The molecule has 0 atom stereocenters. The second-order valence-corrected chi connectivity index (χ2v) is 8.60. The van der Waals surface area contributed by atoms with E-state index in [-0.39, 0.29) is 17.6 Å². The van der Waals surface area contributed by atoms with E-state index in [1.807, 2.05) is 6.07 Å². The number of nitrogens with zero attached hydrogens (tertiary/aromatic N) is 5. The van der Waals surface area contributed by atoms with Crippen LogP contribution in [0.2, 0.25) is 5.15 Å². The van der Waals surface area contributed by atoms with Crippen LogP contribution in [0, 0.1) is 5.92 Å². The number of hydrogen-bond donors (Lipinski definition) is 0. The Morgan fingerprint density at radius 2 is 2.07 bits per heavy atom. The highest BCUT2D eigenvalue weighted by Crippen LogP contribution is 2.34. The molecule has 8 nitrogen and oxygen atoms in total. The maximum atomic E-state index is 13.1. The van der Waals surface area contributed by atoms with Crippen molar-refractivity contribution < 1.29 is 14.3 Å². The predicted molar refractivity (Wildman–Crippen MR) is 110 cm³/mol. The van der Waals surface area contributed by atoms with Crippen LogP contribution in [0.4, 0.5) is 10.5 Å². The number of carbonyl (C=O) groups is 2. The molecule has 0 aromatic carbocycles. The average molecular weight is 420 g/mol. The van der Waals surface area contributed by atoms with Crippen LogP contribution < -0.4 is 4.90 Å². The molecule has 1 saturated carbocycles. The third-order valence-corrected chi connectivity index (χ3v) is 4.64. The summed E-state index contributed by atoms with van der Waals surface area (Å²) in [5, 5.41) is 4.54. The van der Waals surface area contributed by atoms with Crippen molar-refractivity contribution in [3.8, 4) is 5.69 Å². The third-order valence-electron chi connectivity index (χ3n) is 4.37. The Morgan fingerprint density at radius 3 is 2.66 bits per heavy atom. The van der Waals surface area contributed by atoms with E-state index in [0.29, 0.717) is 18.2 Å². The van der Waals surface area contributed by atoms with Gasteiger partial charge < -0.3 is 14.5 Å². The average Bonchev–Trinajstić information content (AvgIpc) is 3.39. The van der Waals surface area contributed by atoms with Gasteiger partial charge in [0.15, 0.2) is 5.15 Å². The summed E-state index contributed by atoms with van der Waals surface area (Å²) in [6, 6.07) is 3.65. The van der Waals surface area contributed by atoms with Crippen molar-refractivity contribution in [2.75, 3.05) is 25.0 Å². The lowest BCUT2D eigenvalue weighted by Crippen LogP contribution is -2.43. The van der Waals surface area contributed by atoms with Gasteiger partial charge in [-0.1, -0.05) is 11.6 Å². The van der Waals surface area contributed by atoms with Gasteiger partial charge in [0.2, 0.25) is 5.91 Å². The molecule has 2 amide bonds. The minimum Gasteiger partial charge on any atom is -0.444 e. The number of ether oxygens (including phenoxy) is 1. The standard InChI is InChI=1S/C20H26ClN5O3/c1-20(2,3)29-19(28)24(4)13-17(27)25(11-14-7-8-14)16-12-26(23-18(16)21)15-6-5-9-22-10-15/h5-6,9-10,12,14H,7-8,11,13H2,1-4H3. The second-order valence-electron chi connectivity index (χ2n) is 8.25. The first-order valence-corrected chi connectivity index (χ1v) is 9.92. The Labute approximate surface area is 175 Å². The highest BCUT2D eigenvalue weighted by atomic mass is 35.5. The van der Waals surface area contributed by atoms with Gasteiger partial charge in [-0.25, -0.2) is 9.48 Å². The fourth-order valence-electron chi connectivity index (χ4n) is 2.73. The zero-order valence-corrected chi connectivity index (χ0v) is 17.9. The Balaban J connectivity index is 1.78. The topological polar surface area (TPSA) is 80.6 Å². The molecule has 2 aromatic heterocycles. The van der Waals surface area contributed by atoms with Gasteiger partial charge in [-0.15, -0.1) is 0 Å². The quantitative estimate of drug-likeness (QED) is 0.715. The normalized spacial score (nSPS) is 13.8. The number of anilines is 1. The van der Waals surface area contributed by atoms with Gasteiger partial charge in [0.05, 0.1) is 18.1 Å². The molecule has 0 N–H and O–H groups in total. The summed E-state index contributed by atoms with van der Waals surface area (Å²) in [5.74, 6) is 0.196. The van der Waals surface area contributed by atoms with Crippen molar-refractivity contribution in [1.29, 1.82) is 0 Å². The van der Waals surface area contributed by atoms with Crippen LogP contribution in [0.5, 0.6) is 0 Å². The van der Waals surface area contributed by atoms with E-state index in [1.54, 1.807) is 62.1 Å². The second kappa shape index (κ2) is 8.41. The van der Waals surface area contributed by atoms with E-state index >= 15 is 0 Å². The van der Waals surface area contributed by atoms with Crippen molar-refractivity contribution in [1.82, 2.24) is 19.7 Å². The van der Waals surface area contributed by atoms with Gasteiger partial charge >= 0.3 is 6.09 Å². The molecule has 1 fully saturated rings.